The molecule has 180 valence electrons. The number of urea groups is 1. The highest BCUT2D eigenvalue weighted by Crippen LogP contribution is 2.41. The molecule has 2 aromatic carbocycles. The molecule has 4 rings (SSSR count). The first kappa shape index (κ1) is 23.6. The van der Waals surface area contributed by atoms with Crippen molar-refractivity contribution in [2.24, 2.45) is 5.73 Å². The molecule has 2 unspecified atom stereocenters. The molecule has 2 aliphatic heterocycles. The fourth-order valence-corrected chi connectivity index (χ4v) is 3.77. The summed E-state index contributed by atoms with van der Waals surface area (Å²) in [4.78, 5) is 38.0. The van der Waals surface area contributed by atoms with Crippen LogP contribution >= 0.6 is 0 Å². The molecule has 2 heterocycles. The van der Waals surface area contributed by atoms with Gasteiger partial charge in [-0.3, -0.25) is 4.90 Å². The molecule has 3 N–H and O–H groups in total. The first-order valence-electron chi connectivity index (χ1n) is 10.6. The molecule has 11 heteroatoms. The van der Waals surface area contributed by atoms with E-state index in [1.165, 1.54) is 24.3 Å². The molecule has 0 saturated carbocycles. The Bertz CT molecular complexity index is 1040. The van der Waals surface area contributed by atoms with E-state index in [4.69, 9.17) is 19.9 Å². The number of hydrogen-bond acceptors (Lipinski definition) is 7. The quantitative estimate of drug-likeness (QED) is 0.614. The van der Waals surface area contributed by atoms with Crippen molar-refractivity contribution >= 4 is 18.0 Å². The Labute approximate surface area is 193 Å². The van der Waals surface area contributed by atoms with Gasteiger partial charge >= 0.3 is 23.9 Å². The van der Waals surface area contributed by atoms with Crippen molar-refractivity contribution in [1.29, 1.82) is 0 Å². The largest absolute Gasteiger partial charge is 0.459 e. The number of hydrogen-bond donors (Lipinski definition) is 2. The van der Waals surface area contributed by atoms with Crippen molar-refractivity contribution in [1.82, 2.24) is 10.2 Å². The van der Waals surface area contributed by atoms with Gasteiger partial charge in [-0.1, -0.05) is 36.4 Å². The van der Waals surface area contributed by atoms with E-state index in [0.29, 0.717) is 0 Å². The van der Waals surface area contributed by atoms with Crippen LogP contribution in [-0.4, -0.2) is 66.5 Å². The summed E-state index contributed by atoms with van der Waals surface area (Å²) in [7, 11) is 0. The summed E-state index contributed by atoms with van der Waals surface area (Å²) in [5.74, 6) is -5.56. The molecule has 0 radical (unpaired) electrons. The van der Waals surface area contributed by atoms with Crippen molar-refractivity contribution in [2.45, 2.75) is 36.9 Å². The number of nitrogens with zero attached hydrogens (tertiary/aromatic N) is 1. The third-order valence-corrected chi connectivity index (χ3v) is 5.52. The first-order valence-corrected chi connectivity index (χ1v) is 10.6. The van der Waals surface area contributed by atoms with Crippen molar-refractivity contribution in [3.05, 3.63) is 71.8 Å². The zero-order chi connectivity index (χ0) is 24.3. The van der Waals surface area contributed by atoms with Crippen LogP contribution in [0, 0.1) is 0 Å². The smallest absolute Gasteiger partial charge is 0.338 e. The summed E-state index contributed by atoms with van der Waals surface area (Å²) in [6.07, 6.45) is -6.15. The van der Waals surface area contributed by atoms with Gasteiger partial charge in [0.25, 0.3) is 0 Å². The third kappa shape index (κ3) is 4.85. The van der Waals surface area contributed by atoms with Crippen LogP contribution in [0.5, 0.6) is 0 Å². The highest BCUT2D eigenvalue weighted by atomic mass is 19.3. The number of benzene rings is 2. The average molecular weight is 475 g/mol. The third-order valence-electron chi connectivity index (χ3n) is 5.52. The molecule has 0 aliphatic carbocycles. The van der Waals surface area contributed by atoms with Crippen LogP contribution in [0.3, 0.4) is 0 Å². The van der Waals surface area contributed by atoms with Gasteiger partial charge in [-0.15, -0.1) is 0 Å². The average Bonchev–Trinajstić information content (AvgIpc) is 3.08. The second kappa shape index (κ2) is 9.74. The first-order chi connectivity index (χ1) is 16.3. The zero-order valence-corrected chi connectivity index (χ0v) is 17.9. The van der Waals surface area contributed by atoms with Crippen LogP contribution in [0.15, 0.2) is 60.7 Å². The highest BCUT2D eigenvalue weighted by Gasteiger charge is 2.64. The Hall–Kier alpha value is -3.57. The van der Waals surface area contributed by atoms with Gasteiger partial charge in [0.05, 0.1) is 17.3 Å². The molecule has 9 nitrogen and oxygen atoms in total. The van der Waals surface area contributed by atoms with Crippen LogP contribution in [0.25, 0.3) is 0 Å². The molecule has 2 fully saturated rings. The molecule has 0 spiro atoms. The maximum absolute atomic E-state index is 15.5. The van der Waals surface area contributed by atoms with Gasteiger partial charge in [-0.2, -0.15) is 8.78 Å². The molecule has 2 aromatic rings. The van der Waals surface area contributed by atoms with Crippen LogP contribution in [0.1, 0.15) is 27.1 Å². The second-order valence-corrected chi connectivity index (χ2v) is 7.90. The number of carbonyl (C=O) groups excluding carboxylic acids is 3. The SMILES string of the molecule is NC1CCN([C@@H]2OC(COC(=O)c3ccccc3)[C@@H](OC(=O)c3ccccc3)C2(F)F)C(=O)N1. The summed E-state index contributed by atoms with van der Waals surface area (Å²) in [5, 5.41) is 2.37. The lowest BCUT2D eigenvalue weighted by atomic mass is 10.1. The lowest BCUT2D eigenvalue weighted by molar-refractivity contribution is -0.158. The topological polar surface area (TPSA) is 120 Å². The molecule has 2 aliphatic rings. The Morgan fingerprint density at radius 2 is 1.65 bits per heavy atom. The Balaban J connectivity index is 1.55. The number of alkyl halides is 2. The highest BCUT2D eigenvalue weighted by molar-refractivity contribution is 5.90. The van der Waals surface area contributed by atoms with Gasteiger partial charge in [-0.05, 0) is 30.7 Å². The number of esters is 2. The van der Waals surface area contributed by atoms with Crippen LogP contribution < -0.4 is 11.1 Å². The van der Waals surface area contributed by atoms with Crippen molar-refractivity contribution in [3.8, 4) is 0 Å². The van der Waals surface area contributed by atoms with Gasteiger partial charge in [-0.25, -0.2) is 14.4 Å². The number of amides is 2. The fourth-order valence-electron chi connectivity index (χ4n) is 3.77. The zero-order valence-electron chi connectivity index (χ0n) is 17.9. The monoisotopic (exact) mass is 475 g/mol. The number of rotatable bonds is 6. The summed E-state index contributed by atoms with van der Waals surface area (Å²) in [6, 6.07) is 14.7. The van der Waals surface area contributed by atoms with Gasteiger partial charge in [0.1, 0.15) is 12.7 Å². The lowest BCUT2D eigenvalue weighted by Gasteiger charge is -2.36. The van der Waals surface area contributed by atoms with E-state index in [9.17, 15) is 14.4 Å². The summed E-state index contributed by atoms with van der Waals surface area (Å²) < 4.78 is 46.8. The van der Waals surface area contributed by atoms with E-state index in [0.717, 1.165) is 4.90 Å². The molecule has 2 amide bonds. The Kier molecular flexibility index (Phi) is 6.75. The molecular weight excluding hydrogens is 452 g/mol. The standard InChI is InChI=1S/C23H23F2N3O6/c24-23(25)18(34-20(30)15-9-5-2-6-10-15)16(13-32-19(29)14-7-3-1-4-8-14)33-21(23)28-12-11-17(26)27-22(28)31/h1-10,16-18,21H,11-13,26H2,(H,27,31)/t16?,17?,18-,21-/m1/s1. The fraction of sp³-hybridized carbons (Fsp3) is 0.348. The molecule has 34 heavy (non-hydrogen) atoms. The maximum Gasteiger partial charge on any atom is 0.338 e. The molecular formula is C23H23F2N3O6. The van der Waals surface area contributed by atoms with E-state index >= 15 is 8.78 Å². The number of ether oxygens (including phenoxy) is 3. The summed E-state index contributed by atoms with van der Waals surface area (Å²) in [5.41, 5.74) is 5.93. The van der Waals surface area contributed by atoms with Gasteiger partial charge in [0, 0.05) is 6.54 Å². The second-order valence-electron chi connectivity index (χ2n) is 7.90. The van der Waals surface area contributed by atoms with E-state index in [-0.39, 0.29) is 24.1 Å². The van der Waals surface area contributed by atoms with Crippen molar-refractivity contribution in [2.75, 3.05) is 13.2 Å². The van der Waals surface area contributed by atoms with Crippen LogP contribution in [0.4, 0.5) is 13.6 Å². The van der Waals surface area contributed by atoms with Crippen LogP contribution in [-0.2, 0) is 14.2 Å². The van der Waals surface area contributed by atoms with Crippen molar-refractivity contribution in [3.63, 3.8) is 0 Å². The Morgan fingerprint density at radius 1 is 1.06 bits per heavy atom. The number of nitrogens with one attached hydrogen (secondary N) is 1. The molecule has 0 bridgehead atoms. The normalized spacial score (nSPS) is 26.0. The Morgan fingerprint density at radius 3 is 2.24 bits per heavy atom. The number of nitrogens with two attached hydrogens (primary N) is 1. The lowest BCUT2D eigenvalue weighted by Crippen LogP contribution is -2.61. The van der Waals surface area contributed by atoms with E-state index in [1.807, 2.05) is 0 Å². The van der Waals surface area contributed by atoms with E-state index in [2.05, 4.69) is 5.32 Å². The minimum Gasteiger partial charge on any atom is -0.459 e. The van der Waals surface area contributed by atoms with E-state index in [1.54, 1.807) is 36.4 Å². The van der Waals surface area contributed by atoms with Gasteiger partial charge in [0.2, 0.25) is 6.23 Å². The molecule has 4 atom stereocenters. The number of carbonyl (C=O) groups is 3. The predicted molar refractivity (Wildman–Crippen MR) is 114 cm³/mol. The predicted octanol–water partition coefficient (Wildman–Crippen LogP) is 2.13. The molecule has 0 aromatic heterocycles. The summed E-state index contributed by atoms with van der Waals surface area (Å²) >= 11 is 0. The maximum atomic E-state index is 15.5. The summed E-state index contributed by atoms with van der Waals surface area (Å²) in [6.45, 7) is -0.718. The minimum absolute atomic E-state index is 0.0588. The van der Waals surface area contributed by atoms with Gasteiger partial charge in [0.15, 0.2) is 6.10 Å². The number of halogens is 2. The van der Waals surface area contributed by atoms with Gasteiger partial charge < -0.3 is 25.3 Å². The van der Waals surface area contributed by atoms with E-state index < -0.39 is 55.1 Å². The van der Waals surface area contributed by atoms with Crippen molar-refractivity contribution < 1.29 is 37.4 Å². The van der Waals surface area contributed by atoms with Crippen LogP contribution in [0.2, 0.25) is 0 Å². The minimum atomic E-state index is -3.80. The molecule has 2 saturated heterocycles.